The lowest BCUT2D eigenvalue weighted by Gasteiger charge is -2.23. The van der Waals surface area contributed by atoms with Crippen molar-refractivity contribution in [1.82, 2.24) is 5.32 Å². The van der Waals surface area contributed by atoms with Gasteiger partial charge in [0.25, 0.3) is 15.9 Å². The van der Waals surface area contributed by atoms with Crippen LogP contribution < -0.4 is 15.4 Å². The lowest BCUT2D eigenvalue weighted by molar-refractivity contribution is -0.127. The van der Waals surface area contributed by atoms with Gasteiger partial charge in [-0.2, -0.15) is 0 Å². The maximum Gasteiger partial charge on any atom is 0.338 e. The molecule has 0 aromatic heterocycles. The predicted octanol–water partition coefficient (Wildman–Crippen LogP) is 1.64. The average Bonchev–Trinajstić information content (AvgIpc) is 2.68. The van der Waals surface area contributed by atoms with Crippen molar-refractivity contribution in [3.63, 3.8) is 0 Å². The van der Waals surface area contributed by atoms with E-state index in [1.165, 1.54) is 35.5 Å². The zero-order valence-electron chi connectivity index (χ0n) is 15.9. The number of imide groups is 1. The van der Waals surface area contributed by atoms with Gasteiger partial charge in [-0.15, -0.1) is 0 Å². The van der Waals surface area contributed by atoms with E-state index in [1.807, 2.05) is 0 Å². The van der Waals surface area contributed by atoms with E-state index in [0.717, 1.165) is 0 Å². The monoisotopic (exact) mass is 419 g/mol. The Bertz CT molecular complexity index is 1010. The molecular weight excluding hydrogens is 398 g/mol. The van der Waals surface area contributed by atoms with Crippen molar-refractivity contribution >= 4 is 33.6 Å². The summed E-state index contributed by atoms with van der Waals surface area (Å²) in [5.41, 5.74) is 5.27. The Morgan fingerprint density at radius 1 is 1.10 bits per heavy atom. The molecule has 0 aliphatic carbocycles. The van der Waals surface area contributed by atoms with E-state index in [1.54, 1.807) is 42.6 Å². The first-order valence-electron chi connectivity index (χ1n) is 8.66. The highest BCUT2D eigenvalue weighted by atomic mass is 32.2. The molecule has 0 saturated carbocycles. The second-order valence-corrected chi connectivity index (χ2v) is 7.80. The van der Waals surface area contributed by atoms with Gasteiger partial charge in [-0.3, -0.25) is 14.4 Å². The number of nitrogens with two attached hydrogens (primary N) is 1. The summed E-state index contributed by atoms with van der Waals surface area (Å²) in [6.45, 7) is 3.14. The van der Waals surface area contributed by atoms with E-state index in [9.17, 15) is 22.8 Å². The summed E-state index contributed by atoms with van der Waals surface area (Å²) < 4.78 is 32.3. The number of amides is 3. The van der Waals surface area contributed by atoms with Crippen LogP contribution in [0.3, 0.4) is 0 Å². The van der Waals surface area contributed by atoms with Gasteiger partial charge >= 0.3 is 12.0 Å². The molecule has 154 valence electrons. The number of rotatable bonds is 7. The van der Waals surface area contributed by atoms with Crippen LogP contribution in [0.4, 0.5) is 10.5 Å². The van der Waals surface area contributed by atoms with Crippen molar-refractivity contribution in [3.8, 4) is 0 Å². The van der Waals surface area contributed by atoms with Crippen LogP contribution in [0.5, 0.6) is 0 Å². The molecule has 0 bridgehead atoms. The molecule has 0 spiro atoms. The lowest BCUT2D eigenvalue weighted by atomic mass is 10.2. The van der Waals surface area contributed by atoms with E-state index in [2.05, 4.69) is 0 Å². The first-order valence-corrected chi connectivity index (χ1v) is 10.1. The number of benzene rings is 2. The van der Waals surface area contributed by atoms with Crippen LogP contribution in [0.25, 0.3) is 0 Å². The van der Waals surface area contributed by atoms with Crippen LogP contribution in [0, 0.1) is 0 Å². The fraction of sp³-hybridized carbons (Fsp3) is 0.211. The quantitative estimate of drug-likeness (QED) is 0.655. The first kappa shape index (κ1) is 21.9. The molecule has 0 heterocycles. The van der Waals surface area contributed by atoms with Crippen molar-refractivity contribution in [2.75, 3.05) is 10.8 Å². The van der Waals surface area contributed by atoms with Gasteiger partial charge in [0.05, 0.1) is 16.1 Å². The van der Waals surface area contributed by atoms with Crippen molar-refractivity contribution in [2.45, 2.75) is 24.8 Å². The summed E-state index contributed by atoms with van der Waals surface area (Å²) in [7, 11) is -3.94. The molecule has 9 nitrogen and oxygen atoms in total. The Morgan fingerprint density at radius 2 is 1.76 bits per heavy atom. The molecule has 0 aliphatic rings. The molecule has 0 fully saturated rings. The van der Waals surface area contributed by atoms with Crippen molar-refractivity contribution in [2.24, 2.45) is 5.73 Å². The normalized spacial score (nSPS) is 11.9. The standard InChI is InChI=1S/C19H21N3O6S/c1-3-22(15-9-5-4-6-10-15)29(26,27)16-11-7-8-14(12-16)18(24)28-13(2)17(23)21-19(20)25/h4-13H,3H2,1-2H3,(H3,20,21,23,25)/t13-/m0/s1. The smallest absolute Gasteiger partial charge is 0.338 e. The number of para-hydroxylation sites is 1. The second kappa shape index (κ2) is 9.20. The molecule has 0 aliphatic heterocycles. The molecule has 0 saturated heterocycles. The molecule has 29 heavy (non-hydrogen) atoms. The third kappa shape index (κ3) is 5.32. The van der Waals surface area contributed by atoms with Gasteiger partial charge < -0.3 is 10.5 Å². The van der Waals surface area contributed by atoms with Crippen LogP contribution in [0.2, 0.25) is 0 Å². The van der Waals surface area contributed by atoms with Gasteiger partial charge in [-0.25, -0.2) is 18.0 Å². The average molecular weight is 419 g/mol. The molecule has 0 radical (unpaired) electrons. The Morgan fingerprint density at radius 3 is 2.34 bits per heavy atom. The Hall–Kier alpha value is -3.40. The number of ether oxygens (including phenoxy) is 1. The number of urea groups is 1. The van der Waals surface area contributed by atoms with Gasteiger partial charge in [-0.05, 0) is 44.2 Å². The molecule has 2 aromatic rings. The lowest BCUT2D eigenvalue weighted by Crippen LogP contribution is -2.42. The van der Waals surface area contributed by atoms with E-state index in [-0.39, 0.29) is 17.0 Å². The van der Waals surface area contributed by atoms with Crippen LogP contribution in [0.1, 0.15) is 24.2 Å². The van der Waals surface area contributed by atoms with Crippen LogP contribution in [-0.4, -0.2) is 39.0 Å². The van der Waals surface area contributed by atoms with E-state index >= 15 is 0 Å². The number of nitrogens with one attached hydrogen (secondary N) is 1. The Balaban J connectivity index is 2.27. The molecule has 10 heteroatoms. The Kier molecular flexibility index (Phi) is 6.94. The second-order valence-electron chi connectivity index (χ2n) is 5.93. The summed E-state index contributed by atoms with van der Waals surface area (Å²) in [5.74, 6) is -1.81. The topological polar surface area (TPSA) is 136 Å². The van der Waals surface area contributed by atoms with Crippen molar-refractivity contribution in [1.29, 1.82) is 0 Å². The maximum absolute atomic E-state index is 13.0. The molecule has 2 aromatic carbocycles. The highest BCUT2D eigenvalue weighted by molar-refractivity contribution is 7.92. The Labute approximate surface area is 168 Å². The first-order chi connectivity index (χ1) is 13.7. The van der Waals surface area contributed by atoms with Crippen LogP contribution in [0.15, 0.2) is 59.5 Å². The summed E-state index contributed by atoms with van der Waals surface area (Å²) in [5, 5.41) is 1.80. The maximum atomic E-state index is 13.0. The number of hydrogen-bond donors (Lipinski definition) is 2. The third-order valence-corrected chi connectivity index (χ3v) is 5.79. The van der Waals surface area contributed by atoms with Gasteiger partial charge in [0.2, 0.25) is 0 Å². The molecule has 3 amide bonds. The fourth-order valence-electron chi connectivity index (χ4n) is 2.50. The summed E-state index contributed by atoms with van der Waals surface area (Å²) >= 11 is 0. The van der Waals surface area contributed by atoms with Gasteiger partial charge in [0.1, 0.15) is 0 Å². The van der Waals surface area contributed by atoms with Crippen LogP contribution >= 0.6 is 0 Å². The molecule has 1 atom stereocenters. The van der Waals surface area contributed by atoms with Crippen molar-refractivity contribution < 1.29 is 27.5 Å². The molecule has 2 rings (SSSR count). The number of carbonyl (C=O) groups is 3. The summed E-state index contributed by atoms with van der Waals surface area (Å²) in [6, 6.07) is 12.8. The van der Waals surface area contributed by atoms with Gasteiger partial charge in [0.15, 0.2) is 6.10 Å². The zero-order valence-corrected chi connectivity index (χ0v) is 16.7. The van der Waals surface area contributed by atoms with Crippen LogP contribution in [-0.2, 0) is 19.6 Å². The minimum absolute atomic E-state index is 0.0612. The molecular formula is C19H21N3O6S. The largest absolute Gasteiger partial charge is 0.449 e. The highest BCUT2D eigenvalue weighted by Gasteiger charge is 2.25. The SMILES string of the molecule is CCN(c1ccccc1)S(=O)(=O)c1cccc(C(=O)O[C@@H](C)C(=O)NC(N)=O)c1. The minimum Gasteiger partial charge on any atom is -0.449 e. The molecule has 3 N–H and O–H groups in total. The number of esters is 1. The zero-order chi connectivity index (χ0) is 21.6. The summed E-state index contributed by atoms with van der Waals surface area (Å²) in [4.78, 5) is 34.6. The van der Waals surface area contributed by atoms with Crippen molar-refractivity contribution in [3.05, 3.63) is 60.2 Å². The van der Waals surface area contributed by atoms with Gasteiger partial charge in [0, 0.05) is 6.54 Å². The van der Waals surface area contributed by atoms with Gasteiger partial charge in [-0.1, -0.05) is 24.3 Å². The fourth-order valence-corrected chi connectivity index (χ4v) is 4.02. The molecule has 0 unspecified atom stereocenters. The predicted molar refractivity (Wildman–Crippen MR) is 106 cm³/mol. The summed E-state index contributed by atoms with van der Waals surface area (Å²) in [6.07, 6.45) is -1.30. The third-order valence-electron chi connectivity index (χ3n) is 3.89. The number of sulfonamides is 1. The highest BCUT2D eigenvalue weighted by Crippen LogP contribution is 2.24. The van der Waals surface area contributed by atoms with E-state index in [0.29, 0.717) is 5.69 Å². The number of primary amides is 1. The number of hydrogen-bond acceptors (Lipinski definition) is 6. The van der Waals surface area contributed by atoms with E-state index < -0.39 is 34.0 Å². The van der Waals surface area contributed by atoms with E-state index in [4.69, 9.17) is 10.5 Å². The minimum atomic E-state index is -3.94. The number of anilines is 1. The number of nitrogens with zero attached hydrogens (tertiary/aromatic N) is 1. The number of carbonyl (C=O) groups excluding carboxylic acids is 3.